The highest BCUT2D eigenvalue weighted by Crippen LogP contribution is 2.10. The van der Waals surface area contributed by atoms with Crippen molar-refractivity contribution in [3.05, 3.63) is 41.5 Å². The van der Waals surface area contributed by atoms with Crippen LogP contribution in [0.4, 0.5) is 0 Å². The fourth-order valence-electron chi connectivity index (χ4n) is 3.14. The SMILES string of the molecule is Cc1cccnc1CCNC(=O)c1cn(CC[C@@H]2CCCCN2)nn1. The monoisotopic (exact) mass is 342 g/mol. The second kappa shape index (κ2) is 8.71. The Bertz CT molecular complexity index is 692. The number of rotatable bonds is 7. The van der Waals surface area contributed by atoms with Gasteiger partial charge in [0.15, 0.2) is 5.69 Å². The molecule has 2 aromatic rings. The highest BCUT2D eigenvalue weighted by atomic mass is 16.2. The molecule has 1 aliphatic rings. The third-order valence-electron chi connectivity index (χ3n) is 4.66. The molecular formula is C18H26N6O. The van der Waals surface area contributed by atoms with E-state index in [1.54, 1.807) is 17.1 Å². The van der Waals surface area contributed by atoms with Gasteiger partial charge in [0.05, 0.1) is 6.20 Å². The smallest absolute Gasteiger partial charge is 0.273 e. The number of carbonyl (C=O) groups excluding carboxylic acids is 1. The van der Waals surface area contributed by atoms with Gasteiger partial charge in [-0.15, -0.1) is 5.10 Å². The van der Waals surface area contributed by atoms with Crippen LogP contribution in [0.25, 0.3) is 0 Å². The summed E-state index contributed by atoms with van der Waals surface area (Å²) in [6, 6.07) is 4.49. The molecule has 0 aromatic carbocycles. The van der Waals surface area contributed by atoms with Gasteiger partial charge in [0, 0.05) is 37.4 Å². The lowest BCUT2D eigenvalue weighted by Crippen LogP contribution is -2.34. The number of hydrogen-bond donors (Lipinski definition) is 2. The van der Waals surface area contributed by atoms with Crippen molar-refractivity contribution in [2.24, 2.45) is 0 Å². The average Bonchev–Trinajstić information content (AvgIpc) is 3.11. The fourth-order valence-corrected chi connectivity index (χ4v) is 3.14. The topological polar surface area (TPSA) is 84.7 Å². The number of carbonyl (C=O) groups is 1. The summed E-state index contributed by atoms with van der Waals surface area (Å²) < 4.78 is 1.76. The minimum Gasteiger partial charge on any atom is -0.350 e. The third-order valence-corrected chi connectivity index (χ3v) is 4.66. The first-order chi connectivity index (χ1) is 12.2. The Hall–Kier alpha value is -2.28. The van der Waals surface area contributed by atoms with Crippen LogP contribution < -0.4 is 10.6 Å². The molecule has 1 saturated heterocycles. The maximum absolute atomic E-state index is 12.2. The van der Waals surface area contributed by atoms with Crippen molar-refractivity contribution in [2.75, 3.05) is 13.1 Å². The van der Waals surface area contributed by atoms with Crippen LogP contribution in [0, 0.1) is 6.92 Å². The van der Waals surface area contributed by atoms with Crippen LogP contribution in [-0.2, 0) is 13.0 Å². The lowest BCUT2D eigenvalue weighted by Gasteiger charge is -2.23. The number of hydrogen-bond acceptors (Lipinski definition) is 5. The van der Waals surface area contributed by atoms with E-state index in [2.05, 4.69) is 25.9 Å². The van der Waals surface area contributed by atoms with E-state index >= 15 is 0 Å². The van der Waals surface area contributed by atoms with Crippen molar-refractivity contribution >= 4 is 5.91 Å². The maximum atomic E-state index is 12.2. The Labute approximate surface area is 148 Å². The first-order valence-electron chi connectivity index (χ1n) is 9.04. The highest BCUT2D eigenvalue weighted by Gasteiger charge is 2.14. The summed E-state index contributed by atoms with van der Waals surface area (Å²) in [5, 5.41) is 14.5. The number of piperidine rings is 1. The molecule has 0 radical (unpaired) electrons. The number of aryl methyl sites for hydroxylation is 2. The summed E-state index contributed by atoms with van der Waals surface area (Å²) in [4.78, 5) is 16.5. The molecule has 0 bridgehead atoms. The van der Waals surface area contributed by atoms with E-state index in [9.17, 15) is 4.79 Å². The van der Waals surface area contributed by atoms with Gasteiger partial charge in [-0.1, -0.05) is 17.7 Å². The molecule has 3 rings (SSSR count). The number of aromatic nitrogens is 4. The minimum absolute atomic E-state index is 0.185. The Morgan fingerprint density at radius 2 is 2.36 bits per heavy atom. The van der Waals surface area contributed by atoms with Crippen molar-refractivity contribution in [1.82, 2.24) is 30.6 Å². The van der Waals surface area contributed by atoms with Crippen molar-refractivity contribution in [1.29, 1.82) is 0 Å². The van der Waals surface area contributed by atoms with E-state index in [1.165, 1.54) is 19.3 Å². The zero-order chi connectivity index (χ0) is 17.5. The molecule has 7 nitrogen and oxygen atoms in total. The maximum Gasteiger partial charge on any atom is 0.273 e. The number of pyridine rings is 1. The van der Waals surface area contributed by atoms with E-state index in [0.29, 0.717) is 24.7 Å². The molecule has 1 atom stereocenters. The summed E-state index contributed by atoms with van der Waals surface area (Å²) in [6.07, 6.45) is 9.00. The van der Waals surface area contributed by atoms with Gasteiger partial charge in [0.1, 0.15) is 0 Å². The molecule has 1 fully saturated rings. The largest absolute Gasteiger partial charge is 0.350 e. The molecule has 7 heteroatoms. The summed E-state index contributed by atoms with van der Waals surface area (Å²) >= 11 is 0. The van der Waals surface area contributed by atoms with Crippen LogP contribution in [0.15, 0.2) is 24.5 Å². The van der Waals surface area contributed by atoms with Gasteiger partial charge in [0.2, 0.25) is 0 Å². The molecule has 1 amide bonds. The summed E-state index contributed by atoms with van der Waals surface area (Å²) in [5.74, 6) is -0.185. The van der Waals surface area contributed by atoms with Gasteiger partial charge in [-0.2, -0.15) is 0 Å². The molecule has 0 aliphatic carbocycles. The first kappa shape index (κ1) is 17.5. The molecule has 134 valence electrons. The third kappa shape index (κ3) is 5.09. The van der Waals surface area contributed by atoms with Gasteiger partial charge in [-0.25, -0.2) is 0 Å². The Morgan fingerprint density at radius 3 is 3.16 bits per heavy atom. The van der Waals surface area contributed by atoms with E-state index in [4.69, 9.17) is 0 Å². The van der Waals surface area contributed by atoms with E-state index in [1.807, 2.05) is 19.1 Å². The van der Waals surface area contributed by atoms with Crippen LogP contribution in [0.2, 0.25) is 0 Å². The summed E-state index contributed by atoms with van der Waals surface area (Å²) in [7, 11) is 0. The van der Waals surface area contributed by atoms with Gasteiger partial charge < -0.3 is 10.6 Å². The Balaban J connectivity index is 1.43. The molecule has 25 heavy (non-hydrogen) atoms. The molecule has 0 unspecified atom stereocenters. The molecule has 0 saturated carbocycles. The molecule has 1 aliphatic heterocycles. The highest BCUT2D eigenvalue weighted by molar-refractivity contribution is 5.91. The van der Waals surface area contributed by atoms with Crippen LogP contribution in [-0.4, -0.2) is 45.0 Å². The Kier molecular flexibility index (Phi) is 6.11. The predicted molar refractivity (Wildman–Crippen MR) is 95.3 cm³/mol. The van der Waals surface area contributed by atoms with Crippen molar-refractivity contribution in [2.45, 2.75) is 51.6 Å². The number of nitrogens with zero attached hydrogens (tertiary/aromatic N) is 4. The predicted octanol–water partition coefficient (Wildman–Crippen LogP) is 1.49. The normalized spacial score (nSPS) is 17.4. The standard InChI is InChI=1S/C18H26N6O/c1-14-5-4-10-20-16(14)7-11-21-18(25)17-13-24(23-22-17)12-8-15-6-2-3-9-19-15/h4-5,10,13,15,19H,2-3,6-9,11-12H2,1H3,(H,21,25)/t15-/m0/s1. The van der Waals surface area contributed by atoms with E-state index < -0.39 is 0 Å². The van der Waals surface area contributed by atoms with E-state index in [0.717, 1.165) is 30.8 Å². The lowest BCUT2D eigenvalue weighted by molar-refractivity contribution is 0.0949. The number of amides is 1. The second-order valence-corrected chi connectivity index (χ2v) is 6.58. The quantitative estimate of drug-likeness (QED) is 0.796. The molecule has 2 N–H and O–H groups in total. The zero-order valence-electron chi connectivity index (χ0n) is 14.7. The van der Waals surface area contributed by atoms with Crippen LogP contribution >= 0.6 is 0 Å². The molecule has 3 heterocycles. The fraction of sp³-hybridized carbons (Fsp3) is 0.556. The second-order valence-electron chi connectivity index (χ2n) is 6.58. The minimum atomic E-state index is -0.185. The van der Waals surface area contributed by atoms with Crippen molar-refractivity contribution in [3.8, 4) is 0 Å². The molecule has 0 spiro atoms. The van der Waals surface area contributed by atoms with Gasteiger partial charge in [-0.3, -0.25) is 14.5 Å². The number of nitrogens with one attached hydrogen (secondary N) is 2. The average molecular weight is 342 g/mol. The van der Waals surface area contributed by atoms with Crippen molar-refractivity contribution in [3.63, 3.8) is 0 Å². The van der Waals surface area contributed by atoms with Crippen LogP contribution in [0.5, 0.6) is 0 Å². The van der Waals surface area contributed by atoms with Gasteiger partial charge in [0.25, 0.3) is 5.91 Å². The Morgan fingerprint density at radius 1 is 1.44 bits per heavy atom. The first-order valence-corrected chi connectivity index (χ1v) is 9.04. The van der Waals surface area contributed by atoms with Crippen molar-refractivity contribution < 1.29 is 4.79 Å². The molecular weight excluding hydrogens is 316 g/mol. The van der Waals surface area contributed by atoms with Gasteiger partial charge in [-0.05, 0) is 44.4 Å². The van der Waals surface area contributed by atoms with Crippen LogP contribution in [0.1, 0.15) is 47.4 Å². The summed E-state index contributed by atoms with van der Waals surface area (Å²) in [6.45, 7) is 4.45. The van der Waals surface area contributed by atoms with Crippen LogP contribution in [0.3, 0.4) is 0 Å². The molecule has 2 aromatic heterocycles. The lowest BCUT2D eigenvalue weighted by atomic mass is 10.0. The van der Waals surface area contributed by atoms with E-state index in [-0.39, 0.29) is 5.91 Å². The van der Waals surface area contributed by atoms with Gasteiger partial charge >= 0.3 is 0 Å². The summed E-state index contributed by atoms with van der Waals surface area (Å²) in [5.41, 5.74) is 2.51. The zero-order valence-corrected chi connectivity index (χ0v) is 14.7.